The number of amides is 2. The van der Waals surface area contributed by atoms with Crippen LogP contribution in [0.1, 0.15) is 51.5 Å². The minimum atomic E-state index is -0.539. The largest absolute Gasteiger partial charge is 0.366 e. The van der Waals surface area contributed by atoms with Crippen molar-refractivity contribution >= 4 is 11.8 Å². The minimum Gasteiger partial charge on any atom is -0.366 e. The molecule has 1 atom stereocenters. The average molecular weight is 329 g/mol. The molecule has 2 aromatic rings. The Labute approximate surface area is 140 Å². The van der Waals surface area contributed by atoms with Gasteiger partial charge >= 0.3 is 0 Å². The molecule has 0 radical (unpaired) electrons. The monoisotopic (exact) mass is 329 g/mol. The summed E-state index contributed by atoms with van der Waals surface area (Å²) in [7, 11) is 0. The molecule has 0 spiro atoms. The quantitative estimate of drug-likeness (QED) is 0.892. The molecule has 3 heterocycles. The van der Waals surface area contributed by atoms with E-state index < -0.39 is 5.91 Å². The van der Waals surface area contributed by atoms with Crippen molar-refractivity contribution in [2.75, 3.05) is 6.54 Å². The lowest BCUT2D eigenvalue weighted by atomic mass is 10.0. The zero-order valence-corrected chi connectivity index (χ0v) is 14.1. The van der Waals surface area contributed by atoms with Gasteiger partial charge in [0.2, 0.25) is 5.91 Å². The first-order valence-electron chi connectivity index (χ1n) is 8.26. The van der Waals surface area contributed by atoms with Gasteiger partial charge in [0, 0.05) is 18.4 Å². The Morgan fingerprint density at radius 1 is 1.33 bits per heavy atom. The molecule has 1 aliphatic rings. The lowest BCUT2D eigenvalue weighted by Gasteiger charge is -2.35. The molecular weight excluding hydrogens is 306 g/mol. The molecule has 1 aliphatic heterocycles. The molecule has 0 aliphatic carbocycles. The van der Waals surface area contributed by atoms with Crippen LogP contribution in [0, 0.1) is 13.8 Å². The summed E-state index contributed by atoms with van der Waals surface area (Å²) >= 11 is 0. The Kier molecular flexibility index (Phi) is 4.42. The van der Waals surface area contributed by atoms with Crippen molar-refractivity contribution in [2.24, 2.45) is 5.73 Å². The summed E-state index contributed by atoms with van der Waals surface area (Å²) in [4.78, 5) is 28.8. The third-order valence-corrected chi connectivity index (χ3v) is 4.57. The predicted octanol–water partition coefficient (Wildman–Crippen LogP) is 1.62. The molecule has 7 heteroatoms. The van der Waals surface area contributed by atoms with E-state index in [0.717, 1.165) is 30.7 Å². The Bertz CT molecular complexity index is 761. The lowest BCUT2D eigenvalue weighted by Crippen LogP contribution is -2.46. The van der Waals surface area contributed by atoms with Crippen LogP contribution in [0.2, 0.25) is 0 Å². The second kappa shape index (κ2) is 6.51. The topological polar surface area (TPSA) is 97.0 Å². The van der Waals surface area contributed by atoms with E-state index in [1.165, 1.54) is 12.3 Å². The number of likely N-dealkylation sites (tertiary alicyclic amines) is 1. The van der Waals surface area contributed by atoms with Crippen LogP contribution < -0.4 is 5.73 Å². The van der Waals surface area contributed by atoms with Crippen LogP contribution >= 0.6 is 0 Å². The molecular formula is C17H23N5O2. The SMILES string of the molecule is Cc1cc(C)n(CC2CCCCN2C(=O)c2cc(C(N)=O)c[nH]2)n1. The number of hydrogen-bond donors (Lipinski definition) is 2. The Balaban J connectivity index is 1.79. The van der Waals surface area contributed by atoms with Gasteiger partial charge in [-0.05, 0) is 45.2 Å². The molecule has 128 valence electrons. The van der Waals surface area contributed by atoms with Gasteiger partial charge in [-0.25, -0.2) is 0 Å². The Morgan fingerprint density at radius 3 is 2.75 bits per heavy atom. The first-order chi connectivity index (χ1) is 11.5. The summed E-state index contributed by atoms with van der Waals surface area (Å²) in [6.45, 7) is 5.40. The molecule has 24 heavy (non-hydrogen) atoms. The number of hydrogen-bond acceptors (Lipinski definition) is 3. The number of aromatic amines is 1. The van der Waals surface area contributed by atoms with Crippen molar-refractivity contribution < 1.29 is 9.59 Å². The summed E-state index contributed by atoms with van der Waals surface area (Å²) in [6, 6.07) is 3.67. The van der Waals surface area contributed by atoms with Crippen molar-refractivity contribution in [3.05, 3.63) is 41.0 Å². The summed E-state index contributed by atoms with van der Waals surface area (Å²) in [5, 5.41) is 4.51. The minimum absolute atomic E-state index is 0.0891. The Morgan fingerprint density at radius 2 is 2.12 bits per heavy atom. The smallest absolute Gasteiger partial charge is 0.270 e. The Hall–Kier alpha value is -2.57. The van der Waals surface area contributed by atoms with Crippen LogP contribution in [-0.2, 0) is 6.54 Å². The van der Waals surface area contributed by atoms with E-state index in [-0.39, 0.29) is 11.9 Å². The molecule has 1 fully saturated rings. The van der Waals surface area contributed by atoms with E-state index >= 15 is 0 Å². The van der Waals surface area contributed by atoms with Crippen LogP contribution in [-0.4, -0.2) is 44.1 Å². The standard InChI is InChI=1S/C17H23N5O2/c1-11-7-12(2)22(20-11)10-14-5-3-4-6-21(14)17(24)15-8-13(9-19-15)16(18)23/h7-9,14,19H,3-6,10H2,1-2H3,(H2,18,23). The normalized spacial score (nSPS) is 17.9. The van der Waals surface area contributed by atoms with Crippen molar-refractivity contribution in [1.29, 1.82) is 0 Å². The first-order valence-corrected chi connectivity index (χ1v) is 8.26. The molecule has 0 aromatic carbocycles. The molecule has 0 saturated carbocycles. The number of primary amides is 1. The number of piperidine rings is 1. The van der Waals surface area contributed by atoms with Gasteiger partial charge in [0.25, 0.3) is 5.91 Å². The fourth-order valence-electron chi connectivity index (χ4n) is 3.33. The second-order valence-electron chi connectivity index (χ2n) is 6.42. The van der Waals surface area contributed by atoms with Crippen LogP contribution in [0.3, 0.4) is 0 Å². The summed E-state index contributed by atoms with van der Waals surface area (Å²) in [5.41, 5.74) is 8.07. The van der Waals surface area contributed by atoms with E-state index in [4.69, 9.17) is 5.73 Å². The molecule has 1 saturated heterocycles. The van der Waals surface area contributed by atoms with Crippen molar-refractivity contribution in [2.45, 2.75) is 45.7 Å². The first kappa shape index (κ1) is 16.3. The highest BCUT2D eigenvalue weighted by Crippen LogP contribution is 2.21. The number of carbonyl (C=O) groups is 2. The third kappa shape index (κ3) is 3.20. The van der Waals surface area contributed by atoms with E-state index in [0.29, 0.717) is 24.3 Å². The maximum Gasteiger partial charge on any atom is 0.270 e. The van der Waals surface area contributed by atoms with Crippen molar-refractivity contribution in [3.63, 3.8) is 0 Å². The fraction of sp³-hybridized carbons (Fsp3) is 0.471. The highest BCUT2D eigenvalue weighted by molar-refractivity contribution is 5.98. The third-order valence-electron chi connectivity index (χ3n) is 4.57. The number of aryl methyl sites for hydroxylation is 2. The number of nitrogens with one attached hydrogen (secondary N) is 1. The second-order valence-corrected chi connectivity index (χ2v) is 6.42. The number of H-pyrrole nitrogens is 1. The fourth-order valence-corrected chi connectivity index (χ4v) is 3.33. The van der Waals surface area contributed by atoms with Gasteiger partial charge in [-0.2, -0.15) is 5.10 Å². The van der Waals surface area contributed by atoms with Crippen LogP contribution in [0.15, 0.2) is 18.3 Å². The van der Waals surface area contributed by atoms with E-state index in [9.17, 15) is 9.59 Å². The predicted molar refractivity (Wildman–Crippen MR) is 89.7 cm³/mol. The van der Waals surface area contributed by atoms with Gasteiger partial charge in [0.05, 0.1) is 23.8 Å². The van der Waals surface area contributed by atoms with Gasteiger partial charge in [0.15, 0.2) is 0 Å². The molecule has 3 N–H and O–H groups in total. The van der Waals surface area contributed by atoms with E-state index in [1.54, 1.807) is 0 Å². The van der Waals surface area contributed by atoms with Gasteiger partial charge in [0.1, 0.15) is 5.69 Å². The number of aromatic nitrogens is 3. The molecule has 1 unspecified atom stereocenters. The number of nitrogens with two attached hydrogens (primary N) is 1. The van der Waals surface area contributed by atoms with Crippen LogP contribution in [0.5, 0.6) is 0 Å². The van der Waals surface area contributed by atoms with Gasteiger partial charge in [-0.3, -0.25) is 14.3 Å². The van der Waals surface area contributed by atoms with Gasteiger partial charge < -0.3 is 15.6 Å². The molecule has 0 bridgehead atoms. The van der Waals surface area contributed by atoms with Gasteiger partial charge in [-0.15, -0.1) is 0 Å². The van der Waals surface area contributed by atoms with Gasteiger partial charge in [-0.1, -0.05) is 0 Å². The average Bonchev–Trinajstić information content (AvgIpc) is 3.14. The summed E-state index contributed by atoms with van der Waals surface area (Å²) < 4.78 is 1.97. The van der Waals surface area contributed by atoms with E-state index in [1.807, 2.05) is 29.5 Å². The zero-order valence-electron chi connectivity index (χ0n) is 14.1. The molecule has 3 rings (SSSR count). The van der Waals surface area contributed by atoms with Crippen molar-refractivity contribution in [3.8, 4) is 0 Å². The van der Waals surface area contributed by atoms with Crippen molar-refractivity contribution in [1.82, 2.24) is 19.7 Å². The number of carbonyl (C=O) groups excluding carboxylic acids is 2. The zero-order chi connectivity index (χ0) is 17.3. The number of nitrogens with zero attached hydrogens (tertiary/aromatic N) is 3. The van der Waals surface area contributed by atoms with Crippen LogP contribution in [0.4, 0.5) is 0 Å². The molecule has 2 amide bonds. The molecule has 2 aromatic heterocycles. The highest BCUT2D eigenvalue weighted by Gasteiger charge is 2.29. The lowest BCUT2D eigenvalue weighted by molar-refractivity contribution is 0.0577. The van der Waals surface area contributed by atoms with E-state index in [2.05, 4.69) is 10.1 Å². The summed E-state index contributed by atoms with van der Waals surface area (Å²) in [5.74, 6) is -0.628. The summed E-state index contributed by atoms with van der Waals surface area (Å²) in [6.07, 6.45) is 4.52. The van der Waals surface area contributed by atoms with Crippen LogP contribution in [0.25, 0.3) is 0 Å². The maximum atomic E-state index is 12.8. The maximum absolute atomic E-state index is 12.8. The number of rotatable bonds is 4. The highest BCUT2D eigenvalue weighted by atomic mass is 16.2. The molecule has 7 nitrogen and oxygen atoms in total.